The van der Waals surface area contributed by atoms with Gasteiger partial charge in [0.05, 0.1) is 7.11 Å². The minimum Gasteiger partial charge on any atom is -0.462 e. The van der Waals surface area contributed by atoms with E-state index < -0.39 is 5.97 Å². The van der Waals surface area contributed by atoms with Crippen LogP contribution in [0.1, 0.15) is 30.4 Å². The molecule has 8 heteroatoms. The molecule has 0 fully saturated rings. The molecule has 0 saturated carbocycles. The second-order valence-corrected chi connectivity index (χ2v) is 2.55. The molecular formula is C9H12N4O4. The number of esters is 1. The van der Waals surface area contributed by atoms with Gasteiger partial charge in [0.25, 0.3) is 0 Å². The molecule has 2 aromatic rings. The van der Waals surface area contributed by atoms with Gasteiger partial charge in [0.1, 0.15) is 0 Å². The van der Waals surface area contributed by atoms with Crippen molar-refractivity contribution in [3.8, 4) is 11.8 Å². The third-order valence-corrected chi connectivity index (χ3v) is 1.50. The van der Waals surface area contributed by atoms with Gasteiger partial charge in [-0.05, 0) is 6.92 Å². The van der Waals surface area contributed by atoms with E-state index >= 15 is 0 Å². The molecule has 0 aliphatic heterocycles. The van der Waals surface area contributed by atoms with Crippen LogP contribution in [0.4, 0.5) is 0 Å². The Morgan fingerprint density at radius 2 is 1.94 bits per heavy atom. The summed E-state index contributed by atoms with van der Waals surface area (Å²) >= 11 is 0. The normalized spacial score (nSPS) is 9.41. The lowest BCUT2D eigenvalue weighted by Gasteiger charge is -1.88. The van der Waals surface area contributed by atoms with Crippen molar-refractivity contribution >= 4 is 5.97 Å². The largest absolute Gasteiger partial charge is 0.462 e. The van der Waals surface area contributed by atoms with E-state index in [9.17, 15) is 4.79 Å². The molecule has 0 saturated heterocycles. The first-order valence-electron chi connectivity index (χ1n) is 4.93. The van der Waals surface area contributed by atoms with Gasteiger partial charge in [0.15, 0.2) is 5.82 Å². The first-order chi connectivity index (χ1) is 8.20. The third kappa shape index (κ3) is 2.86. The zero-order chi connectivity index (χ0) is 12.8. The lowest BCUT2D eigenvalue weighted by Crippen LogP contribution is -2.00. The Bertz CT molecular complexity index is 491. The summed E-state index contributed by atoms with van der Waals surface area (Å²) in [6.07, 6.45) is 0. The summed E-state index contributed by atoms with van der Waals surface area (Å²) in [5.74, 6) is -0.498. The highest BCUT2D eigenvalue weighted by atomic mass is 16.5. The van der Waals surface area contributed by atoms with Gasteiger partial charge in [0.2, 0.25) is 0 Å². The Kier molecular flexibility index (Phi) is 4.32. The van der Waals surface area contributed by atoms with Crippen LogP contribution in [-0.2, 0) is 4.74 Å². The SMILES string of the molecule is CC.COC(=O)c1nnc(-c2nc(C)no2)o1. The summed E-state index contributed by atoms with van der Waals surface area (Å²) in [6.45, 7) is 5.64. The first kappa shape index (κ1) is 12.8. The topological polar surface area (TPSA) is 104 Å². The quantitative estimate of drug-likeness (QED) is 0.722. The van der Waals surface area contributed by atoms with E-state index in [1.165, 1.54) is 7.11 Å². The van der Waals surface area contributed by atoms with Crippen LogP contribution in [0.5, 0.6) is 0 Å². The average Bonchev–Trinajstić information content (AvgIpc) is 2.99. The molecule has 0 aliphatic carbocycles. The highest BCUT2D eigenvalue weighted by Gasteiger charge is 2.19. The van der Waals surface area contributed by atoms with Crippen LogP contribution in [-0.4, -0.2) is 33.4 Å². The van der Waals surface area contributed by atoms with E-state index in [1.807, 2.05) is 13.8 Å². The Labute approximate surface area is 97.0 Å². The van der Waals surface area contributed by atoms with Gasteiger partial charge in [0, 0.05) is 0 Å². The van der Waals surface area contributed by atoms with Crippen molar-refractivity contribution in [2.45, 2.75) is 20.8 Å². The Morgan fingerprint density at radius 3 is 2.47 bits per heavy atom. The van der Waals surface area contributed by atoms with Crippen molar-refractivity contribution in [2.75, 3.05) is 7.11 Å². The highest BCUT2D eigenvalue weighted by molar-refractivity contribution is 5.84. The van der Waals surface area contributed by atoms with Crippen LogP contribution >= 0.6 is 0 Å². The number of nitrogens with zero attached hydrogens (tertiary/aromatic N) is 4. The van der Waals surface area contributed by atoms with Crippen LogP contribution in [0, 0.1) is 6.92 Å². The predicted molar refractivity (Wildman–Crippen MR) is 55.0 cm³/mol. The zero-order valence-electron chi connectivity index (χ0n) is 9.92. The van der Waals surface area contributed by atoms with Crippen LogP contribution in [0.15, 0.2) is 8.94 Å². The fourth-order valence-corrected chi connectivity index (χ4v) is 0.863. The summed E-state index contributed by atoms with van der Waals surface area (Å²) in [5.41, 5.74) is 0. The monoisotopic (exact) mass is 240 g/mol. The molecule has 2 heterocycles. The zero-order valence-corrected chi connectivity index (χ0v) is 9.92. The number of ether oxygens (including phenoxy) is 1. The third-order valence-electron chi connectivity index (χ3n) is 1.50. The summed E-state index contributed by atoms with van der Waals surface area (Å²) in [6, 6.07) is 0. The van der Waals surface area contributed by atoms with E-state index in [-0.39, 0.29) is 17.7 Å². The maximum absolute atomic E-state index is 11.0. The van der Waals surface area contributed by atoms with E-state index in [2.05, 4.69) is 25.1 Å². The Hall–Kier alpha value is -2.25. The van der Waals surface area contributed by atoms with Gasteiger partial charge in [-0.3, -0.25) is 0 Å². The predicted octanol–water partition coefficient (Wildman–Crippen LogP) is 1.24. The van der Waals surface area contributed by atoms with Crippen LogP contribution in [0.2, 0.25) is 0 Å². The van der Waals surface area contributed by atoms with Gasteiger partial charge in [-0.25, -0.2) is 4.79 Å². The number of methoxy groups -OCH3 is 1. The smallest absolute Gasteiger partial charge is 0.396 e. The second-order valence-electron chi connectivity index (χ2n) is 2.55. The summed E-state index contributed by atoms with van der Waals surface area (Å²) in [4.78, 5) is 14.8. The van der Waals surface area contributed by atoms with E-state index in [0.717, 1.165) is 0 Å². The lowest BCUT2D eigenvalue weighted by atomic mass is 10.6. The summed E-state index contributed by atoms with van der Waals surface area (Å²) < 4.78 is 14.1. The average molecular weight is 240 g/mol. The lowest BCUT2D eigenvalue weighted by molar-refractivity contribution is 0.0556. The Balaban J connectivity index is 0.000000686. The molecule has 17 heavy (non-hydrogen) atoms. The maximum Gasteiger partial charge on any atom is 0.396 e. The number of hydrogen-bond donors (Lipinski definition) is 0. The number of hydrogen-bond acceptors (Lipinski definition) is 8. The second kappa shape index (κ2) is 5.73. The molecule has 0 radical (unpaired) electrons. The van der Waals surface area contributed by atoms with Gasteiger partial charge >= 0.3 is 23.6 Å². The van der Waals surface area contributed by atoms with Crippen molar-refractivity contribution < 1.29 is 18.5 Å². The minimum atomic E-state index is -0.718. The minimum absolute atomic E-state index is 0.0176. The fourth-order valence-electron chi connectivity index (χ4n) is 0.863. The number of rotatable bonds is 2. The van der Waals surface area contributed by atoms with Gasteiger partial charge in [-0.15, -0.1) is 10.2 Å². The molecule has 0 aromatic carbocycles. The molecule has 0 aliphatic rings. The van der Waals surface area contributed by atoms with Crippen molar-refractivity contribution in [3.05, 3.63) is 11.7 Å². The highest BCUT2D eigenvalue weighted by Crippen LogP contribution is 2.15. The molecular weight excluding hydrogens is 228 g/mol. The molecule has 8 nitrogen and oxygen atoms in total. The summed E-state index contributed by atoms with van der Waals surface area (Å²) in [5, 5.41) is 10.5. The van der Waals surface area contributed by atoms with Crippen molar-refractivity contribution in [1.82, 2.24) is 20.3 Å². The molecule has 0 spiro atoms. The number of carbonyl (C=O) groups is 1. The molecule has 2 aromatic heterocycles. The molecule has 2 rings (SSSR count). The van der Waals surface area contributed by atoms with E-state index in [0.29, 0.717) is 5.82 Å². The first-order valence-corrected chi connectivity index (χ1v) is 4.93. The van der Waals surface area contributed by atoms with Gasteiger partial charge in [-0.1, -0.05) is 19.0 Å². The number of aryl methyl sites for hydroxylation is 1. The summed E-state index contributed by atoms with van der Waals surface area (Å²) in [7, 11) is 1.21. The fraction of sp³-hybridized carbons (Fsp3) is 0.444. The molecule has 0 N–H and O–H groups in total. The van der Waals surface area contributed by atoms with E-state index in [1.54, 1.807) is 6.92 Å². The molecule has 92 valence electrons. The molecule has 0 bridgehead atoms. The van der Waals surface area contributed by atoms with Crippen LogP contribution < -0.4 is 0 Å². The maximum atomic E-state index is 11.0. The van der Waals surface area contributed by atoms with Crippen molar-refractivity contribution in [2.24, 2.45) is 0 Å². The molecule has 0 unspecified atom stereocenters. The molecule has 0 atom stereocenters. The van der Waals surface area contributed by atoms with Crippen molar-refractivity contribution in [3.63, 3.8) is 0 Å². The van der Waals surface area contributed by atoms with Crippen LogP contribution in [0.3, 0.4) is 0 Å². The molecule has 0 amide bonds. The number of carbonyl (C=O) groups excluding carboxylic acids is 1. The van der Waals surface area contributed by atoms with Gasteiger partial charge in [-0.2, -0.15) is 4.98 Å². The van der Waals surface area contributed by atoms with E-state index in [4.69, 9.17) is 8.94 Å². The van der Waals surface area contributed by atoms with Crippen molar-refractivity contribution in [1.29, 1.82) is 0 Å². The van der Waals surface area contributed by atoms with Gasteiger partial charge < -0.3 is 13.7 Å². The number of aromatic nitrogens is 4. The standard InChI is InChI=1S/C7H6N4O4.C2H6/c1-3-8-4(15-11-3)5-9-10-6(14-5)7(12)13-2;1-2/h1-2H3;1-2H3. The van der Waals surface area contributed by atoms with Crippen LogP contribution in [0.25, 0.3) is 11.8 Å². The Morgan fingerprint density at radius 1 is 1.24 bits per heavy atom.